The van der Waals surface area contributed by atoms with Gasteiger partial charge in [-0.15, -0.1) is 0 Å². The molecule has 0 rings (SSSR count). The first-order valence-corrected chi connectivity index (χ1v) is 8.08. The summed E-state index contributed by atoms with van der Waals surface area (Å²) in [4.78, 5) is 3.62. The Hall–Kier alpha value is 0.618. The van der Waals surface area contributed by atoms with Gasteiger partial charge in [0.25, 0.3) is 0 Å². The molecule has 2 heteroatoms. The predicted molar refractivity (Wildman–Crippen MR) is 19.6 cm³/mol. The molecule has 0 N–H and O–H groups in total. The Labute approximate surface area is 33.4 Å². The summed E-state index contributed by atoms with van der Waals surface area (Å²) in [6.45, 7) is 0. The van der Waals surface area contributed by atoms with Gasteiger partial charge >= 0.3 is 33.0 Å². The molecule has 0 atom stereocenters. The summed E-state index contributed by atoms with van der Waals surface area (Å²) in [5, 5.41) is 0. The fourth-order valence-corrected chi connectivity index (χ4v) is 0. The maximum atomic E-state index is 9.72. The van der Waals surface area contributed by atoms with Crippen LogP contribution in [-0.4, -0.2) is 20.2 Å². The minimum absolute atomic E-state index is 1.79. The van der Waals surface area contributed by atoms with Crippen molar-refractivity contribution in [2.45, 2.75) is 9.74 Å². The number of rotatable bonds is 0. The molecule has 1 nitrogen and oxygen atoms in total. The minimum atomic E-state index is -1.79. The molecule has 0 fully saturated rings. The predicted octanol–water partition coefficient (Wildman–Crippen LogP) is 0.400. The standard InChI is InChI=1S/2CH3.O.Sb.H/h2*1H3;;;. The molecule has 0 aromatic carbocycles. The average molecular weight is 169 g/mol. The van der Waals surface area contributed by atoms with Crippen molar-refractivity contribution < 1.29 is 3.02 Å². The van der Waals surface area contributed by atoms with Crippen LogP contribution in [0.2, 0.25) is 9.74 Å². The van der Waals surface area contributed by atoms with Crippen molar-refractivity contribution in [3.8, 4) is 0 Å². The van der Waals surface area contributed by atoms with Crippen LogP contribution in [0.4, 0.5) is 0 Å². The molecule has 26 valence electrons. The van der Waals surface area contributed by atoms with E-state index in [0.29, 0.717) is 0 Å². The van der Waals surface area contributed by atoms with E-state index in [1.54, 1.807) is 0 Å². The van der Waals surface area contributed by atoms with Gasteiger partial charge in [0.05, 0.1) is 0 Å². The van der Waals surface area contributed by atoms with Gasteiger partial charge < -0.3 is 0 Å². The zero-order chi connectivity index (χ0) is 3.58. The average Bonchev–Trinajstić information content (AvgIpc) is 0.811. The maximum absolute atomic E-state index is 9.72. The molecule has 0 aliphatic rings. The van der Waals surface area contributed by atoms with Crippen LogP contribution >= 0.6 is 0 Å². The molecule has 4 heavy (non-hydrogen) atoms. The molecule has 0 spiro atoms. The summed E-state index contributed by atoms with van der Waals surface area (Å²) in [7, 11) is 0. The van der Waals surface area contributed by atoms with Gasteiger partial charge in [-0.1, -0.05) is 0 Å². The summed E-state index contributed by atoms with van der Waals surface area (Å²) in [5.74, 6) is 0. The second-order valence-electron chi connectivity index (χ2n) is 0.908. The van der Waals surface area contributed by atoms with E-state index >= 15 is 0 Å². The number of hydrogen-bond donors (Lipinski definition) is 0. The van der Waals surface area contributed by atoms with Crippen molar-refractivity contribution in [3.63, 3.8) is 0 Å². The van der Waals surface area contributed by atoms with Crippen LogP contribution in [-0.2, 0) is 3.02 Å². The van der Waals surface area contributed by atoms with Crippen molar-refractivity contribution >= 4 is 20.2 Å². The van der Waals surface area contributed by atoms with E-state index in [-0.39, 0.29) is 0 Å². The van der Waals surface area contributed by atoms with Crippen LogP contribution in [0.15, 0.2) is 0 Å². The second-order valence-corrected chi connectivity index (χ2v) is 6.09. The van der Waals surface area contributed by atoms with Gasteiger partial charge in [0.2, 0.25) is 0 Å². The summed E-state index contributed by atoms with van der Waals surface area (Å²) >= 11 is -1.79. The van der Waals surface area contributed by atoms with E-state index in [0.717, 1.165) is 0 Å². The molecule has 0 saturated heterocycles. The van der Waals surface area contributed by atoms with Crippen molar-refractivity contribution in [1.82, 2.24) is 0 Å². The molecule has 0 unspecified atom stereocenters. The Morgan fingerprint density at radius 2 is 1.50 bits per heavy atom. The van der Waals surface area contributed by atoms with Crippen molar-refractivity contribution in [3.05, 3.63) is 0 Å². The fraction of sp³-hybridized carbons (Fsp3) is 1.00. The van der Waals surface area contributed by atoms with Gasteiger partial charge in [0, 0.05) is 0 Å². The topological polar surface area (TPSA) is 17.1 Å². The summed E-state index contributed by atoms with van der Waals surface area (Å²) in [6.07, 6.45) is 0. The van der Waals surface area contributed by atoms with Crippen molar-refractivity contribution in [2.75, 3.05) is 0 Å². The Balaban J connectivity index is 2.80. The van der Waals surface area contributed by atoms with E-state index in [2.05, 4.69) is 0 Å². The molecule has 0 radical (unpaired) electrons. The van der Waals surface area contributed by atoms with Crippen LogP contribution in [0.25, 0.3) is 0 Å². The summed E-state index contributed by atoms with van der Waals surface area (Å²) < 4.78 is 9.72. The van der Waals surface area contributed by atoms with Crippen molar-refractivity contribution in [1.29, 1.82) is 0 Å². The third-order valence-corrected chi connectivity index (χ3v) is 0. The Morgan fingerprint density at radius 3 is 1.50 bits per heavy atom. The van der Waals surface area contributed by atoms with E-state index < -0.39 is 20.2 Å². The molecular formula is C2H7OSb. The van der Waals surface area contributed by atoms with Gasteiger partial charge in [-0.3, -0.25) is 0 Å². The van der Waals surface area contributed by atoms with Gasteiger partial charge in [-0.05, 0) is 0 Å². The van der Waals surface area contributed by atoms with Crippen LogP contribution in [0.3, 0.4) is 0 Å². The van der Waals surface area contributed by atoms with E-state index in [4.69, 9.17) is 0 Å². The molecule has 0 aliphatic carbocycles. The van der Waals surface area contributed by atoms with Gasteiger partial charge in [0.1, 0.15) is 0 Å². The van der Waals surface area contributed by atoms with Gasteiger partial charge in [0.15, 0.2) is 0 Å². The Morgan fingerprint density at radius 1 is 1.50 bits per heavy atom. The van der Waals surface area contributed by atoms with Crippen LogP contribution in [0, 0.1) is 0 Å². The second kappa shape index (κ2) is 1.89. The van der Waals surface area contributed by atoms with Gasteiger partial charge in [-0.25, -0.2) is 0 Å². The first-order valence-electron chi connectivity index (χ1n) is 1.20. The van der Waals surface area contributed by atoms with Crippen LogP contribution < -0.4 is 0 Å². The fourth-order valence-electron chi connectivity index (χ4n) is 0. The Bertz CT molecular complexity index is 29.0. The first kappa shape index (κ1) is 4.62. The van der Waals surface area contributed by atoms with E-state index in [1.165, 1.54) is 0 Å². The monoisotopic (exact) mass is 168 g/mol. The van der Waals surface area contributed by atoms with Crippen LogP contribution in [0.1, 0.15) is 0 Å². The van der Waals surface area contributed by atoms with Gasteiger partial charge in [-0.2, -0.15) is 0 Å². The molecule has 0 aromatic heterocycles. The molecular weight excluding hydrogens is 162 g/mol. The molecule has 0 amide bonds. The Kier molecular flexibility index (Phi) is 2.19. The third kappa shape index (κ3) is 17.9. The normalized spacial score (nSPS) is 8.75. The SMILES string of the molecule is [CH3][SbH]([CH3])=[O]. The van der Waals surface area contributed by atoms with Crippen molar-refractivity contribution in [2.24, 2.45) is 0 Å². The third-order valence-electron chi connectivity index (χ3n) is 0. The zero-order valence-corrected chi connectivity index (χ0v) is 5.76. The summed E-state index contributed by atoms with van der Waals surface area (Å²) in [5.41, 5.74) is 0. The first-order chi connectivity index (χ1) is 1.73. The van der Waals surface area contributed by atoms with E-state index in [1.807, 2.05) is 9.74 Å². The zero-order valence-electron chi connectivity index (χ0n) is 2.91. The molecule has 0 bridgehead atoms. The van der Waals surface area contributed by atoms with Crippen LogP contribution in [0.5, 0.6) is 0 Å². The molecule has 0 aromatic rings. The summed E-state index contributed by atoms with van der Waals surface area (Å²) in [6, 6.07) is 0. The van der Waals surface area contributed by atoms with E-state index in [9.17, 15) is 3.02 Å². The quantitative estimate of drug-likeness (QED) is 0.479. The molecule has 0 saturated carbocycles. The molecule has 0 aliphatic heterocycles. The number of hydrogen-bond acceptors (Lipinski definition) is 1. The molecule has 0 heterocycles.